The van der Waals surface area contributed by atoms with Crippen LogP contribution in [0.15, 0.2) is 67.0 Å². The van der Waals surface area contributed by atoms with Gasteiger partial charge in [0, 0.05) is 40.0 Å². The quantitative estimate of drug-likeness (QED) is 0.497. The monoisotopic (exact) mass is 374 g/mol. The fourth-order valence-corrected chi connectivity index (χ4v) is 3.11. The highest BCUT2D eigenvalue weighted by atomic mass is 19.1. The maximum Gasteiger partial charge on any atom is 0.241 e. The van der Waals surface area contributed by atoms with Gasteiger partial charge in [0.2, 0.25) is 5.91 Å². The highest BCUT2D eigenvalue weighted by Gasteiger charge is 2.13. The Bertz CT molecular complexity index is 1150. The number of aromatic amines is 1. The molecule has 0 saturated heterocycles. The topological polar surface area (TPSA) is 83.8 Å². The maximum absolute atomic E-state index is 13.4. The molecule has 0 aliphatic heterocycles. The number of nitrogens with zero attached hydrogens (tertiary/aromatic N) is 1. The van der Waals surface area contributed by atoms with Crippen molar-refractivity contribution in [1.82, 2.24) is 9.97 Å². The Kier molecular flexibility index (Phi) is 4.63. The number of carbonyl (C=O) groups is 1. The van der Waals surface area contributed by atoms with Crippen LogP contribution in [0.4, 0.5) is 10.1 Å². The van der Waals surface area contributed by atoms with Gasteiger partial charge >= 0.3 is 0 Å². The molecule has 6 heteroatoms. The number of carbonyl (C=O) groups excluding carboxylic acids is 1. The molecule has 4 N–H and O–H groups in total. The Morgan fingerprint density at radius 3 is 2.71 bits per heavy atom. The third kappa shape index (κ3) is 3.37. The Morgan fingerprint density at radius 1 is 1.14 bits per heavy atom. The van der Waals surface area contributed by atoms with Crippen molar-refractivity contribution in [3.05, 3.63) is 72.8 Å². The van der Waals surface area contributed by atoms with Gasteiger partial charge < -0.3 is 16.0 Å². The predicted octanol–water partition coefficient (Wildman–Crippen LogP) is 4.32. The summed E-state index contributed by atoms with van der Waals surface area (Å²) in [5, 5.41) is 3.77. The second-order valence-electron chi connectivity index (χ2n) is 6.65. The van der Waals surface area contributed by atoms with E-state index in [1.165, 1.54) is 12.1 Å². The van der Waals surface area contributed by atoms with Crippen molar-refractivity contribution >= 4 is 22.5 Å². The van der Waals surface area contributed by atoms with Crippen molar-refractivity contribution in [2.45, 2.75) is 13.0 Å². The van der Waals surface area contributed by atoms with Gasteiger partial charge in [0.05, 0.1) is 17.4 Å². The molecule has 0 aliphatic carbocycles. The summed E-state index contributed by atoms with van der Waals surface area (Å²) in [5.74, 6) is -0.532. The summed E-state index contributed by atoms with van der Waals surface area (Å²) in [6, 6.07) is 15.4. The summed E-state index contributed by atoms with van der Waals surface area (Å²) in [7, 11) is 0. The second kappa shape index (κ2) is 7.25. The van der Waals surface area contributed by atoms with E-state index in [4.69, 9.17) is 5.73 Å². The molecule has 2 heterocycles. The minimum absolute atomic E-state index is 0.255. The Hall–Kier alpha value is -3.51. The summed E-state index contributed by atoms with van der Waals surface area (Å²) in [5.41, 5.74) is 10.5. The number of halogens is 1. The van der Waals surface area contributed by atoms with Gasteiger partial charge in [0.25, 0.3) is 0 Å². The van der Waals surface area contributed by atoms with Crippen molar-refractivity contribution in [3.63, 3.8) is 0 Å². The van der Waals surface area contributed by atoms with Crippen molar-refractivity contribution in [2.75, 3.05) is 5.32 Å². The molecule has 0 spiro atoms. The lowest BCUT2D eigenvalue weighted by atomic mass is 10.0. The molecule has 0 fully saturated rings. The number of nitrogens with two attached hydrogens (primary N) is 1. The van der Waals surface area contributed by atoms with Gasteiger partial charge in [-0.3, -0.25) is 9.78 Å². The standard InChI is InChI=1S/C22H19FN4O/c1-13(24)22(28)27-20-5-3-2-4-17(20)19-9-6-14(11-25-19)18-12-26-21-10-15(23)7-8-16(18)21/h2-13,26H,24H2,1H3,(H,27,28). The van der Waals surface area contributed by atoms with Gasteiger partial charge in [0.1, 0.15) is 5.82 Å². The first-order valence-corrected chi connectivity index (χ1v) is 8.92. The third-order valence-corrected chi connectivity index (χ3v) is 4.59. The van der Waals surface area contributed by atoms with Crippen LogP contribution in [-0.4, -0.2) is 21.9 Å². The molecular weight excluding hydrogens is 355 g/mol. The van der Waals surface area contributed by atoms with Gasteiger partial charge in [-0.05, 0) is 37.3 Å². The molecule has 1 amide bonds. The van der Waals surface area contributed by atoms with E-state index >= 15 is 0 Å². The van der Waals surface area contributed by atoms with Crippen LogP contribution in [0.2, 0.25) is 0 Å². The van der Waals surface area contributed by atoms with Crippen LogP contribution in [0.3, 0.4) is 0 Å². The second-order valence-corrected chi connectivity index (χ2v) is 6.65. The molecule has 5 nitrogen and oxygen atoms in total. The van der Waals surface area contributed by atoms with Gasteiger partial charge in [0.15, 0.2) is 0 Å². The lowest BCUT2D eigenvalue weighted by Gasteiger charge is -2.12. The molecule has 140 valence electrons. The largest absolute Gasteiger partial charge is 0.360 e. The Balaban J connectivity index is 1.68. The number of hydrogen-bond acceptors (Lipinski definition) is 3. The van der Waals surface area contributed by atoms with E-state index in [1.807, 2.05) is 42.6 Å². The normalized spacial score (nSPS) is 12.1. The summed E-state index contributed by atoms with van der Waals surface area (Å²) < 4.78 is 13.4. The Morgan fingerprint density at radius 2 is 1.96 bits per heavy atom. The third-order valence-electron chi connectivity index (χ3n) is 4.59. The number of nitrogens with one attached hydrogen (secondary N) is 2. The highest BCUT2D eigenvalue weighted by molar-refractivity contribution is 5.98. The lowest BCUT2D eigenvalue weighted by Crippen LogP contribution is -2.32. The number of amides is 1. The molecule has 28 heavy (non-hydrogen) atoms. The fourth-order valence-electron chi connectivity index (χ4n) is 3.11. The number of pyridine rings is 1. The molecule has 0 saturated carbocycles. The highest BCUT2D eigenvalue weighted by Crippen LogP contribution is 2.31. The molecule has 4 rings (SSSR count). The lowest BCUT2D eigenvalue weighted by molar-refractivity contribution is -0.117. The number of benzene rings is 2. The van der Waals surface area contributed by atoms with Crippen LogP contribution < -0.4 is 11.1 Å². The number of H-pyrrole nitrogens is 1. The van der Waals surface area contributed by atoms with E-state index in [0.717, 1.165) is 33.3 Å². The first-order chi connectivity index (χ1) is 13.5. The predicted molar refractivity (Wildman–Crippen MR) is 109 cm³/mol. The molecule has 2 aromatic heterocycles. The number of hydrogen-bond donors (Lipinski definition) is 3. The van der Waals surface area contributed by atoms with E-state index in [-0.39, 0.29) is 11.7 Å². The minimum atomic E-state index is -0.602. The van der Waals surface area contributed by atoms with Crippen LogP contribution in [0.25, 0.3) is 33.3 Å². The molecule has 0 aliphatic rings. The van der Waals surface area contributed by atoms with E-state index in [2.05, 4.69) is 15.3 Å². The van der Waals surface area contributed by atoms with E-state index in [0.29, 0.717) is 5.69 Å². The minimum Gasteiger partial charge on any atom is -0.360 e. The number of para-hydroxylation sites is 1. The van der Waals surface area contributed by atoms with Gasteiger partial charge in [-0.15, -0.1) is 0 Å². The number of aromatic nitrogens is 2. The SMILES string of the molecule is CC(N)C(=O)Nc1ccccc1-c1ccc(-c2c[nH]c3cc(F)ccc23)cn1. The molecule has 0 bridgehead atoms. The summed E-state index contributed by atoms with van der Waals surface area (Å²) in [6.07, 6.45) is 3.61. The smallest absolute Gasteiger partial charge is 0.241 e. The molecule has 4 aromatic rings. The number of anilines is 1. The zero-order valence-corrected chi connectivity index (χ0v) is 15.2. The molecular formula is C22H19FN4O. The molecule has 1 unspecified atom stereocenters. The fraction of sp³-hybridized carbons (Fsp3) is 0.0909. The Labute approximate surface area is 161 Å². The summed E-state index contributed by atoms with van der Waals surface area (Å²) in [4.78, 5) is 19.6. The van der Waals surface area contributed by atoms with Gasteiger partial charge in [-0.25, -0.2) is 4.39 Å². The average Bonchev–Trinajstić information content (AvgIpc) is 3.11. The van der Waals surface area contributed by atoms with E-state index in [9.17, 15) is 9.18 Å². The first kappa shape index (κ1) is 17.9. The van der Waals surface area contributed by atoms with Crippen molar-refractivity contribution < 1.29 is 9.18 Å². The number of rotatable bonds is 4. The number of fused-ring (bicyclic) bond motifs is 1. The molecule has 1 atom stereocenters. The van der Waals surface area contributed by atoms with Crippen LogP contribution in [-0.2, 0) is 4.79 Å². The zero-order chi connectivity index (χ0) is 19.7. The van der Waals surface area contributed by atoms with E-state index < -0.39 is 6.04 Å². The van der Waals surface area contributed by atoms with Crippen LogP contribution >= 0.6 is 0 Å². The van der Waals surface area contributed by atoms with Crippen LogP contribution in [0.5, 0.6) is 0 Å². The average molecular weight is 374 g/mol. The molecule has 2 aromatic carbocycles. The van der Waals surface area contributed by atoms with Crippen molar-refractivity contribution in [3.8, 4) is 22.4 Å². The molecule has 0 radical (unpaired) electrons. The summed E-state index contributed by atoms with van der Waals surface area (Å²) >= 11 is 0. The van der Waals surface area contributed by atoms with Crippen molar-refractivity contribution in [1.29, 1.82) is 0 Å². The van der Waals surface area contributed by atoms with Crippen molar-refractivity contribution in [2.24, 2.45) is 5.73 Å². The van der Waals surface area contributed by atoms with E-state index in [1.54, 1.807) is 19.2 Å². The van der Waals surface area contributed by atoms with Crippen LogP contribution in [0.1, 0.15) is 6.92 Å². The first-order valence-electron chi connectivity index (χ1n) is 8.92. The van der Waals surface area contributed by atoms with Gasteiger partial charge in [-0.1, -0.05) is 24.3 Å². The maximum atomic E-state index is 13.4. The van der Waals surface area contributed by atoms with Gasteiger partial charge in [-0.2, -0.15) is 0 Å². The van der Waals surface area contributed by atoms with Crippen LogP contribution in [0, 0.1) is 5.82 Å². The zero-order valence-electron chi connectivity index (χ0n) is 15.2. The summed E-state index contributed by atoms with van der Waals surface area (Å²) in [6.45, 7) is 1.64.